The second kappa shape index (κ2) is 7.69. The SMILES string of the molecule is CCCNC(CSCC1(CC(=O)OC)CC1)C(C)(C)C. The van der Waals surface area contributed by atoms with Crippen LogP contribution < -0.4 is 5.32 Å². The maximum Gasteiger partial charge on any atom is 0.306 e. The van der Waals surface area contributed by atoms with E-state index in [-0.39, 0.29) is 16.8 Å². The summed E-state index contributed by atoms with van der Waals surface area (Å²) in [6, 6.07) is 0.529. The van der Waals surface area contributed by atoms with E-state index in [1.165, 1.54) is 26.4 Å². The lowest BCUT2D eigenvalue weighted by Crippen LogP contribution is -2.42. The number of rotatable bonds is 9. The number of thioether (sulfide) groups is 1. The van der Waals surface area contributed by atoms with Crippen molar-refractivity contribution >= 4 is 17.7 Å². The van der Waals surface area contributed by atoms with Crippen molar-refractivity contribution in [2.75, 3.05) is 25.2 Å². The summed E-state index contributed by atoms with van der Waals surface area (Å²) in [5, 5.41) is 3.66. The topological polar surface area (TPSA) is 38.3 Å². The molecule has 1 atom stereocenters. The maximum atomic E-state index is 11.4. The quantitative estimate of drug-likeness (QED) is 0.662. The van der Waals surface area contributed by atoms with Crippen molar-refractivity contribution in [3.63, 3.8) is 0 Å². The summed E-state index contributed by atoms with van der Waals surface area (Å²) < 4.78 is 4.80. The van der Waals surface area contributed by atoms with Gasteiger partial charge in [0.05, 0.1) is 13.5 Å². The summed E-state index contributed by atoms with van der Waals surface area (Å²) in [6.07, 6.45) is 4.12. The second-order valence-electron chi connectivity index (χ2n) is 7.14. The fourth-order valence-corrected chi connectivity index (χ4v) is 4.05. The third kappa shape index (κ3) is 6.04. The molecule has 0 aromatic carbocycles. The Kier molecular flexibility index (Phi) is 6.86. The molecule has 1 unspecified atom stereocenters. The van der Waals surface area contributed by atoms with E-state index in [1.54, 1.807) is 0 Å². The summed E-state index contributed by atoms with van der Waals surface area (Å²) in [6.45, 7) is 10.2. The number of hydrogen-bond acceptors (Lipinski definition) is 4. The van der Waals surface area contributed by atoms with E-state index in [1.807, 2.05) is 11.8 Å². The van der Waals surface area contributed by atoms with Gasteiger partial charge in [-0.2, -0.15) is 11.8 Å². The van der Waals surface area contributed by atoms with Crippen molar-refractivity contribution in [2.24, 2.45) is 10.8 Å². The maximum absolute atomic E-state index is 11.4. The molecule has 1 N–H and O–H groups in total. The van der Waals surface area contributed by atoms with Crippen molar-refractivity contribution in [3.8, 4) is 0 Å². The first-order valence-corrected chi connectivity index (χ1v) is 8.86. The van der Waals surface area contributed by atoms with Crippen LogP contribution in [0.5, 0.6) is 0 Å². The summed E-state index contributed by atoms with van der Waals surface area (Å²) in [5.41, 5.74) is 0.520. The molecule has 1 aliphatic rings. The molecule has 0 bridgehead atoms. The Bertz CT molecular complexity index is 308. The van der Waals surface area contributed by atoms with Crippen LogP contribution in [0, 0.1) is 10.8 Å². The average Bonchev–Trinajstić information content (AvgIpc) is 3.11. The summed E-state index contributed by atoms with van der Waals surface area (Å²) in [4.78, 5) is 11.4. The first-order chi connectivity index (χ1) is 9.33. The minimum atomic E-state index is -0.0559. The molecule has 1 aliphatic carbocycles. The van der Waals surface area contributed by atoms with Crippen LogP contribution in [0.15, 0.2) is 0 Å². The lowest BCUT2D eigenvalue weighted by atomic mass is 9.88. The highest BCUT2D eigenvalue weighted by Crippen LogP contribution is 2.51. The van der Waals surface area contributed by atoms with E-state index in [0.717, 1.165) is 18.1 Å². The Hall–Kier alpha value is -0.220. The average molecular weight is 301 g/mol. The molecule has 1 rings (SSSR count). The first kappa shape index (κ1) is 17.8. The smallest absolute Gasteiger partial charge is 0.306 e. The van der Waals surface area contributed by atoms with Crippen molar-refractivity contribution in [1.29, 1.82) is 0 Å². The van der Waals surface area contributed by atoms with Crippen molar-refractivity contribution in [2.45, 2.75) is 59.4 Å². The number of carbonyl (C=O) groups excluding carboxylic acids is 1. The second-order valence-corrected chi connectivity index (χ2v) is 8.17. The highest BCUT2D eigenvalue weighted by molar-refractivity contribution is 7.99. The van der Waals surface area contributed by atoms with Gasteiger partial charge in [0.1, 0.15) is 0 Å². The molecule has 0 aliphatic heterocycles. The molecular weight excluding hydrogens is 270 g/mol. The lowest BCUT2D eigenvalue weighted by Gasteiger charge is -2.32. The van der Waals surface area contributed by atoms with Crippen LogP contribution in [0.3, 0.4) is 0 Å². The Balaban J connectivity index is 2.35. The molecule has 3 nitrogen and oxygen atoms in total. The first-order valence-electron chi connectivity index (χ1n) is 7.71. The molecule has 0 heterocycles. The Morgan fingerprint density at radius 1 is 1.40 bits per heavy atom. The van der Waals surface area contributed by atoms with Gasteiger partial charge < -0.3 is 10.1 Å². The predicted molar refractivity (Wildman–Crippen MR) is 87.2 cm³/mol. The summed E-state index contributed by atoms with van der Waals surface area (Å²) in [5.74, 6) is 2.15. The molecule has 0 saturated heterocycles. The minimum absolute atomic E-state index is 0.0559. The summed E-state index contributed by atoms with van der Waals surface area (Å²) >= 11 is 1.99. The monoisotopic (exact) mass is 301 g/mol. The van der Waals surface area contributed by atoms with Gasteiger partial charge in [-0.15, -0.1) is 0 Å². The Labute approximate surface area is 128 Å². The van der Waals surface area contributed by atoms with Gasteiger partial charge in [-0.1, -0.05) is 27.7 Å². The fraction of sp³-hybridized carbons (Fsp3) is 0.938. The van der Waals surface area contributed by atoms with Gasteiger partial charge >= 0.3 is 5.97 Å². The van der Waals surface area contributed by atoms with E-state index in [9.17, 15) is 4.79 Å². The molecule has 4 heteroatoms. The largest absolute Gasteiger partial charge is 0.469 e. The molecule has 1 fully saturated rings. The van der Waals surface area contributed by atoms with Crippen LogP contribution in [-0.2, 0) is 9.53 Å². The van der Waals surface area contributed by atoms with Crippen molar-refractivity contribution < 1.29 is 9.53 Å². The molecular formula is C16H31NO2S. The highest BCUT2D eigenvalue weighted by Gasteiger charge is 2.44. The zero-order chi connectivity index (χ0) is 15.2. The number of ether oxygens (including phenoxy) is 1. The van der Waals surface area contributed by atoms with Gasteiger partial charge in [-0.3, -0.25) is 4.79 Å². The molecule has 20 heavy (non-hydrogen) atoms. The standard InChI is InChI=1S/C16H31NO2S/c1-6-9-17-13(15(2,3)4)11-20-12-16(7-8-16)10-14(18)19-5/h13,17H,6-12H2,1-5H3. The number of carbonyl (C=O) groups is 1. The third-order valence-corrected chi connectivity index (χ3v) is 5.47. The van der Waals surface area contributed by atoms with Crippen molar-refractivity contribution in [1.82, 2.24) is 5.32 Å². The number of esters is 1. The van der Waals surface area contributed by atoms with Crippen LogP contribution in [0.4, 0.5) is 0 Å². The van der Waals surface area contributed by atoms with Crippen LogP contribution in [0.2, 0.25) is 0 Å². The Morgan fingerprint density at radius 3 is 2.50 bits per heavy atom. The highest BCUT2D eigenvalue weighted by atomic mass is 32.2. The molecule has 0 spiro atoms. The number of hydrogen-bond donors (Lipinski definition) is 1. The molecule has 0 amide bonds. The molecule has 118 valence electrons. The van der Waals surface area contributed by atoms with Gasteiger partial charge in [0.25, 0.3) is 0 Å². The van der Waals surface area contributed by atoms with E-state index in [2.05, 4.69) is 33.0 Å². The van der Waals surface area contributed by atoms with Gasteiger partial charge in [0, 0.05) is 11.8 Å². The van der Waals surface area contributed by atoms with Crippen LogP contribution in [-0.4, -0.2) is 37.2 Å². The molecule has 0 aromatic heterocycles. The Morgan fingerprint density at radius 2 is 2.05 bits per heavy atom. The number of methoxy groups -OCH3 is 1. The number of nitrogens with one attached hydrogen (secondary N) is 1. The normalized spacial score (nSPS) is 18.6. The zero-order valence-corrected chi connectivity index (χ0v) is 14.6. The third-order valence-electron chi connectivity index (χ3n) is 4.08. The lowest BCUT2D eigenvalue weighted by molar-refractivity contribution is -0.141. The van der Waals surface area contributed by atoms with Gasteiger partial charge in [0.15, 0.2) is 0 Å². The van der Waals surface area contributed by atoms with Crippen LogP contribution in [0.1, 0.15) is 53.4 Å². The molecule has 0 radical (unpaired) electrons. The van der Waals surface area contributed by atoms with Crippen LogP contribution in [0.25, 0.3) is 0 Å². The van der Waals surface area contributed by atoms with E-state index < -0.39 is 0 Å². The molecule has 0 aromatic rings. The molecule has 1 saturated carbocycles. The van der Waals surface area contributed by atoms with Gasteiger partial charge in [-0.25, -0.2) is 0 Å². The fourth-order valence-electron chi connectivity index (χ4n) is 2.25. The van der Waals surface area contributed by atoms with Gasteiger partial charge in [-0.05, 0) is 42.4 Å². The van der Waals surface area contributed by atoms with Gasteiger partial charge in [0.2, 0.25) is 0 Å². The van der Waals surface area contributed by atoms with E-state index in [4.69, 9.17) is 4.74 Å². The zero-order valence-electron chi connectivity index (χ0n) is 13.8. The minimum Gasteiger partial charge on any atom is -0.469 e. The van der Waals surface area contributed by atoms with Crippen LogP contribution >= 0.6 is 11.8 Å². The predicted octanol–water partition coefficient (Wildman–Crippen LogP) is 3.48. The van der Waals surface area contributed by atoms with E-state index >= 15 is 0 Å². The summed E-state index contributed by atoms with van der Waals surface area (Å²) in [7, 11) is 1.48. The van der Waals surface area contributed by atoms with Crippen molar-refractivity contribution in [3.05, 3.63) is 0 Å². The van der Waals surface area contributed by atoms with E-state index in [0.29, 0.717) is 12.5 Å².